The van der Waals surface area contributed by atoms with Crippen molar-refractivity contribution in [3.05, 3.63) is 89.4 Å². The van der Waals surface area contributed by atoms with Crippen molar-refractivity contribution in [3.8, 4) is 11.5 Å². The van der Waals surface area contributed by atoms with Crippen molar-refractivity contribution < 1.29 is 28.6 Å². The Morgan fingerprint density at radius 2 is 1.72 bits per heavy atom. The molecule has 2 fully saturated rings. The molecule has 1 amide bonds. The third-order valence-corrected chi connectivity index (χ3v) is 7.31. The predicted molar refractivity (Wildman–Crippen MR) is 146 cm³/mol. The number of carbonyl (C=O) groups is 2. The summed E-state index contributed by atoms with van der Waals surface area (Å²) < 4.78 is 17.1. The monoisotopic (exact) mass is 530 g/mol. The maximum atomic E-state index is 13.5. The average Bonchev–Trinajstić information content (AvgIpc) is 3.57. The summed E-state index contributed by atoms with van der Waals surface area (Å²) in [5.41, 5.74) is 1.58. The first-order chi connectivity index (χ1) is 19.0. The molecule has 3 heterocycles. The number of furan rings is 1. The van der Waals surface area contributed by atoms with Crippen LogP contribution in [0.15, 0.2) is 76.9 Å². The lowest BCUT2D eigenvalue weighted by molar-refractivity contribution is -0.142. The van der Waals surface area contributed by atoms with Gasteiger partial charge in [-0.2, -0.15) is 0 Å². The molecule has 1 atom stereocenters. The Hall–Kier alpha value is -4.04. The fourth-order valence-electron chi connectivity index (χ4n) is 5.52. The molecule has 2 aliphatic rings. The highest BCUT2D eigenvalue weighted by molar-refractivity contribution is 6.46. The molecule has 8 heteroatoms. The van der Waals surface area contributed by atoms with Crippen molar-refractivity contribution >= 4 is 17.4 Å². The molecule has 0 spiro atoms. The molecule has 3 aromatic rings. The van der Waals surface area contributed by atoms with Crippen molar-refractivity contribution in [2.24, 2.45) is 0 Å². The van der Waals surface area contributed by atoms with E-state index < -0.39 is 17.7 Å². The topological polar surface area (TPSA) is 92.5 Å². The molecule has 0 aliphatic carbocycles. The number of rotatable bonds is 9. The van der Waals surface area contributed by atoms with E-state index in [0.29, 0.717) is 48.9 Å². The van der Waals surface area contributed by atoms with Crippen LogP contribution in [0, 0.1) is 0 Å². The molecule has 2 saturated heterocycles. The van der Waals surface area contributed by atoms with E-state index in [1.54, 1.807) is 35.2 Å². The number of piperidine rings is 1. The maximum absolute atomic E-state index is 13.5. The Morgan fingerprint density at radius 3 is 2.38 bits per heavy atom. The van der Waals surface area contributed by atoms with Crippen LogP contribution >= 0.6 is 0 Å². The summed E-state index contributed by atoms with van der Waals surface area (Å²) in [6, 6.07) is 17.8. The lowest BCUT2D eigenvalue weighted by Crippen LogP contribution is -2.46. The molecular formula is C31H34N2O6. The summed E-state index contributed by atoms with van der Waals surface area (Å²) in [5.74, 6) is -0.237. The van der Waals surface area contributed by atoms with Gasteiger partial charge in [-0.05, 0) is 56.5 Å². The molecule has 2 aliphatic heterocycles. The largest absolute Gasteiger partial charge is 0.507 e. The smallest absolute Gasteiger partial charge is 0.296 e. The number of ketones is 1. The Labute approximate surface area is 228 Å². The second kappa shape index (κ2) is 11.8. The molecule has 0 bridgehead atoms. The zero-order valence-corrected chi connectivity index (χ0v) is 22.3. The van der Waals surface area contributed by atoms with Crippen LogP contribution in [0.25, 0.3) is 5.76 Å². The van der Waals surface area contributed by atoms with Crippen LogP contribution in [0.5, 0.6) is 11.5 Å². The minimum atomic E-state index is -0.827. The van der Waals surface area contributed by atoms with Gasteiger partial charge in [0.15, 0.2) is 0 Å². The lowest BCUT2D eigenvalue weighted by Gasteiger charge is -2.38. The van der Waals surface area contributed by atoms with Crippen LogP contribution in [-0.2, 0) is 16.1 Å². The quantitative estimate of drug-likeness (QED) is 0.232. The van der Waals surface area contributed by atoms with Gasteiger partial charge in [0, 0.05) is 31.7 Å². The van der Waals surface area contributed by atoms with Crippen LogP contribution in [0.1, 0.15) is 49.6 Å². The summed E-state index contributed by atoms with van der Waals surface area (Å²) in [7, 11) is 0. The molecule has 204 valence electrons. The summed E-state index contributed by atoms with van der Waals surface area (Å²) in [6.07, 6.45) is 2.94. The van der Waals surface area contributed by atoms with Crippen molar-refractivity contribution in [3.63, 3.8) is 0 Å². The number of carbonyl (C=O) groups excluding carboxylic acids is 2. The van der Waals surface area contributed by atoms with Gasteiger partial charge in [-0.3, -0.25) is 14.5 Å². The second-order valence-corrected chi connectivity index (χ2v) is 9.74. The van der Waals surface area contributed by atoms with Gasteiger partial charge in [-0.15, -0.1) is 0 Å². The molecule has 5 rings (SSSR count). The highest BCUT2D eigenvalue weighted by Gasteiger charge is 2.50. The molecule has 0 saturated carbocycles. The highest BCUT2D eigenvalue weighted by Crippen LogP contribution is 2.44. The van der Waals surface area contributed by atoms with Crippen LogP contribution < -0.4 is 9.47 Å². The third-order valence-electron chi connectivity index (χ3n) is 7.31. The van der Waals surface area contributed by atoms with Crippen LogP contribution in [0.2, 0.25) is 0 Å². The lowest BCUT2D eigenvalue weighted by atomic mass is 9.96. The van der Waals surface area contributed by atoms with E-state index in [0.717, 1.165) is 19.6 Å². The molecule has 0 radical (unpaired) electrons. The van der Waals surface area contributed by atoms with E-state index in [4.69, 9.17) is 13.9 Å². The van der Waals surface area contributed by atoms with Gasteiger partial charge in [0.05, 0.1) is 30.6 Å². The minimum Gasteiger partial charge on any atom is -0.507 e. The minimum absolute atomic E-state index is 0.00628. The van der Waals surface area contributed by atoms with E-state index in [1.807, 2.05) is 32.0 Å². The summed E-state index contributed by atoms with van der Waals surface area (Å²) in [5, 5.41) is 11.5. The first kappa shape index (κ1) is 26.6. The van der Waals surface area contributed by atoms with Gasteiger partial charge in [0.2, 0.25) is 0 Å². The number of aliphatic hydroxyl groups is 1. The molecule has 1 aromatic heterocycles. The van der Waals surface area contributed by atoms with E-state index in [-0.39, 0.29) is 17.4 Å². The normalized spacial score (nSPS) is 19.9. The van der Waals surface area contributed by atoms with Gasteiger partial charge in [-0.1, -0.05) is 30.3 Å². The average molecular weight is 531 g/mol. The van der Waals surface area contributed by atoms with Crippen LogP contribution in [-0.4, -0.2) is 58.9 Å². The summed E-state index contributed by atoms with van der Waals surface area (Å²) in [4.78, 5) is 31.0. The number of Topliss-reactive ketones (excluding diaryl/α,β-unsaturated/α-hetero) is 1. The number of nitrogens with zero attached hydrogens (tertiary/aromatic N) is 2. The van der Waals surface area contributed by atoms with E-state index >= 15 is 0 Å². The molecule has 2 aromatic carbocycles. The van der Waals surface area contributed by atoms with Crippen molar-refractivity contribution in [2.75, 3.05) is 26.3 Å². The number of aliphatic hydroxyl groups excluding tert-OH is 1. The SMILES string of the molecule is CCOc1ccc(/C(O)=C2/C(=O)C(=O)N(C3CCN(Cc4ccccc4)CC3)C2c2ccco2)c(OCC)c1. The number of hydrogen-bond acceptors (Lipinski definition) is 7. The zero-order valence-electron chi connectivity index (χ0n) is 22.3. The van der Waals surface area contributed by atoms with Gasteiger partial charge >= 0.3 is 0 Å². The molecule has 1 unspecified atom stereocenters. The maximum Gasteiger partial charge on any atom is 0.296 e. The van der Waals surface area contributed by atoms with Crippen LogP contribution in [0.3, 0.4) is 0 Å². The van der Waals surface area contributed by atoms with Crippen molar-refractivity contribution in [1.82, 2.24) is 9.80 Å². The molecule has 39 heavy (non-hydrogen) atoms. The zero-order chi connectivity index (χ0) is 27.4. The Morgan fingerprint density at radius 1 is 0.974 bits per heavy atom. The Bertz CT molecular complexity index is 1330. The first-order valence-electron chi connectivity index (χ1n) is 13.5. The predicted octanol–water partition coefficient (Wildman–Crippen LogP) is 5.16. The Balaban J connectivity index is 1.47. The van der Waals surface area contributed by atoms with Gasteiger partial charge in [-0.25, -0.2) is 0 Å². The molecular weight excluding hydrogens is 496 g/mol. The summed E-state index contributed by atoms with van der Waals surface area (Å²) in [6.45, 7) is 6.97. The number of benzene rings is 2. The van der Waals surface area contributed by atoms with Gasteiger partial charge in [0.1, 0.15) is 29.1 Å². The standard InChI is InChI=1S/C31H34N2O6/c1-3-37-23-12-13-24(26(19-23)38-4-2)29(34)27-28(25-11-8-18-39-25)33(31(36)30(27)35)22-14-16-32(17-15-22)20-21-9-6-5-7-10-21/h5-13,18-19,22,28,34H,3-4,14-17,20H2,1-2H3/b29-27-. The number of amides is 1. The van der Waals surface area contributed by atoms with Gasteiger partial charge < -0.3 is 23.9 Å². The highest BCUT2D eigenvalue weighted by atomic mass is 16.5. The molecule has 8 nitrogen and oxygen atoms in total. The fraction of sp³-hybridized carbons (Fsp3) is 0.355. The summed E-state index contributed by atoms with van der Waals surface area (Å²) >= 11 is 0. The van der Waals surface area contributed by atoms with E-state index in [2.05, 4.69) is 17.0 Å². The van der Waals surface area contributed by atoms with Crippen LogP contribution in [0.4, 0.5) is 0 Å². The van der Waals surface area contributed by atoms with Crippen molar-refractivity contribution in [1.29, 1.82) is 0 Å². The Kier molecular flexibility index (Phi) is 8.02. The van der Waals surface area contributed by atoms with Crippen molar-refractivity contribution in [2.45, 2.75) is 45.3 Å². The first-order valence-corrected chi connectivity index (χ1v) is 13.5. The third kappa shape index (κ3) is 5.43. The van der Waals surface area contributed by atoms with Gasteiger partial charge in [0.25, 0.3) is 11.7 Å². The fourth-order valence-corrected chi connectivity index (χ4v) is 5.52. The van der Waals surface area contributed by atoms with E-state index in [9.17, 15) is 14.7 Å². The number of ether oxygens (including phenoxy) is 2. The molecule has 1 N–H and O–H groups in total. The number of likely N-dealkylation sites (tertiary alicyclic amines) is 2. The second-order valence-electron chi connectivity index (χ2n) is 9.74. The van der Waals surface area contributed by atoms with E-state index in [1.165, 1.54) is 11.8 Å². The number of hydrogen-bond donors (Lipinski definition) is 1.